The first-order valence-electron chi connectivity index (χ1n) is 6.78. The van der Waals surface area contributed by atoms with E-state index in [0.717, 1.165) is 38.2 Å². The number of ether oxygens (including phenoxy) is 2. The summed E-state index contributed by atoms with van der Waals surface area (Å²) in [5, 5.41) is 0. The third kappa shape index (κ3) is 1.91. The lowest BCUT2D eigenvalue weighted by molar-refractivity contribution is 0.193. The lowest BCUT2D eigenvalue weighted by Crippen LogP contribution is -2.43. The van der Waals surface area contributed by atoms with Crippen LogP contribution in [-0.4, -0.2) is 20.3 Å². The molecule has 0 amide bonds. The fourth-order valence-electron chi connectivity index (χ4n) is 2.99. The van der Waals surface area contributed by atoms with Gasteiger partial charge in [-0.3, -0.25) is 0 Å². The van der Waals surface area contributed by atoms with Crippen LogP contribution in [0.25, 0.3) is 0 Å². The SMILES string of the molecule is COc1ccc(C2CCOC2)cc1C1(N)CCC1. The van der Waals surface area contributed by atoms with Crippen LogP contribution in [0, 0.1) is 0 Å². The predicted octanol–water partition coefficient (Wildman–Crippen LogP) is 2.54. The van der Waals surface area contributed by atoms with Crippen molar-refractivity contribution in [3.63, 3.8) is 0 Å². The lowest BCUT2D eigenvalue weighted by Gasteiger charge is -2.39. The van der Waals surface area contributed by atoms with Crippen LogP contribution in [0.3, 0.4) is 0 Å². The molecule has 1 atom stereocenters. The van der Waals surface area contributed by atoms with Crippen molar-refractivity contribution >= 4 is 0 Å². The van der Waals surface area contributed by atoms with E-state index >= 15 is 0 Å². The van der Waals surface area contributed by atoms with Gasteiger partial charge < -0.3 is 15.2 Å². The van der Waals surface area contributed by atoms with E-state index in [4.69, 9.17) is 15.2 Å². The summed E-state index contributed by atoms with van der Waals surface area (Å²) in [6, 6.07) is 6.47. The predicted molar refractivity (Wildman–Crippen MR) is 70.9 cm³/mol. The minimum atomic E-state index is -0.166. The molecule has 1 aromatic rings. The average molecular weight is 247 g/mol. The number of benzene rings is 1. The Balaban J connectivity index is 1.96. The summed E-state index contributed by atoms with van der Waals surface area (Å²) in [6.45, 7) is 1.71. The summed E-state index contributed by atoms with van der Waals surface area (Å²) in [6.07, 6.45) is 4.46. The molecule has 1 unspecified atom stereocenters. The molecule has 2 N–H and O–H groups in total. The molecule has 1 aliphatic carbocycles. The van der Waals surface area contributed by atoms with Crippen LogP contribution in [-0.2, 0) is 10.3 Å². The Morgan fingerprint density at radius 3 is 2.78 bits per heavy atom. The molecule has 3 nitrogen and oxygen atoms in total. The van der Waals surface area contributed by atoms with Crippen molar-refractivity contribution in [3.05, 3.63) is 29.3 Å². The van der Waals surface area contributed by atoms with E-state index in [2.05, 4.69) is 18.2 Å². The van der Waals surface area contributed by atoms with Gasteiger partial charge in [-0.15, -0.1) is 0 Å². The number of hydrogen-bond donors (Lipinski definition) is 1. The molecule has 1 aromatic carbocycles. The second-order valence-corrected chi connectivity index (χ2v) is 5.53. The van der Waals surface area contributed by atoms with E-state index in [-0.39, 0.29) is 5.54 Å². The van der Waals surface area contributed by atoms with Crippen LogP contribution in [0.15, 0.2) is 18.2 Å². The first-order chi connectivity index (χ1) is 8.73. The third-order valence-electron chi connectivity index (χ3n) is 4.41. The first-order valence-corrected chi connectivity index (χ1v) is 6.78. The van der Waals surface area contributed by atoms with Gasteiger partial charge in [0.2, 0.25) is 0 Å². The quantitative estimate of drug-likeness (QED) is 0.892. The first kappa shape index (κ1) is 12.0. The highest BCUT2D eigenvalue weighted by Gasteiger charge is 2.37. The van der Waals surface area contributed by atoms with Crippen molar-refractivity contribution in [3.8, 4) is 5.75 Å². The number of hydrogen-bond acceptors (Lipinski definition) is 3. The Hall–Kier alpha value is -1.06. The van der Waals surface area contributed by atoms with Crippen molar-refractivity contribution in [2.75, 3.05) is 20.3 Å². The Morgan fingerprint density at radius 2 is 2.22 bits per heavy atom. The fourth-order valence-corrected chi connectivity index (χ4v) is 2.99. The molecule has 98 valence electrons. The molecular weight excluding hydrogens is 226 g/mol. The minimum absolute atomic E-state index is 0.166. The van der Waals surface area contributed by atoms with E-state index in [1.165, 1.54) is 17.5 Å². The van der Waals surface area contributed by atoms with Crippen molar-refractivity contribution in [2.45, 2.75) is 37.1 Å². The molecule has 2 aliphatic rings. The highest BCUT2D eigenvalue weighted by Crippen LogP contribution is 2.44. The maximum Gasteiger partial charge on any atom is 0.123 e. The number of nitrogens with two attached hydrogens (primary N) is 1. The van der Waals surface area contributed by atoms with Gasteiger partial charge in [0, 0.05) is 23.6 Å². The largest absolute Gasteiger partial charge is 0.496 e. The Labute approximate surface area is 108 Å². The lowest BCUT2D eigenvalue weighted by atomic mass is 9.71. The van der Waals surface area contributed by atoms with Gasteiger partial charge in [-0.05, 0) is 43.4 Å². The molecule has 0 spiro atoms. The molecule has 1 aliphatic heterocycles. The molecule has 1 saturated heterocycles. The van der Waals surface area contributed by atoms with Crippen molar-refractivity contribution in [1.82, 2.24) is 0 Å². The molecule has 0 bridgehead atoms. The van der Waals surface area contributed by atoms with Gasteiger partial charge in [-0.2, -0.15) is 0 Å². The van der Waals surface area contributed by atoms with Crippen LogP contribution in [0.1, 0.15) is 42.7 Å². The zero-order valence-corrected chi connectivity index (χ0v) is 10.9. The Morgan fingerprint density at radius 1 is 1.39 bits per heavy atom. The average Bonchev–Trinajstić information content (AvgIpc) is 2.89. The zero-order chi connectivity index (χ0) is 12.6. The van der Waals surface area contributed by atoms with Crippen LogP contribution < -0.4 is 10.5 Å². The highest BCUT2D eigenvalue weighted by atomic mass is 16.5. The standard InChI is InChI=1S/C15H21NO2/c1-17-14-4-3-11(12-5-8-18-10-12)9-13(14)15(16)6-2-7-15/h3-4,9,12H,2,5-8,10,16H2,1H3. The van der Waals surface area contributed by atoms with Gasteiger partial charge in [0.1, 0.15) is 5.75 Å². The second kappa shape index (κ2) is 4.56. The van der Waals surface area contributed by atoms with E-state index in [1.54, 1.807) is 7.11 Å². The molecule has 18 heavy (non-hydrogen) atoms. The molecule has 2 fully saturated rings. The third-order valence-corrected chi connectivity index (χ3v) is 4.41. The smallest absolute Gasteiger partial charge is 0.123 e. The van der Waals surface area contributed by atoms with Crippen LogP contribution in [0.4, 0.5) is 0 Å². The van der Waals surface area contributed by atoms with Gasteiger partial charge in [-0.25, -0.2) is 0 Å². The van der Waals surface area contributed by atoms with E-state index in [1.807, 2.05) is 0 Å². The second-order valence-electron chi connectivity index (χ2n) is 5.53. The van der Waals surface area contributed by atoms with Gasteiger partial charge >= 0.3 is 0 Å². The van der Waals surface area contributed by atoms with Gasteiger partial charge in [-0.1, -0.05) is 6.07 Å². The summed E-state index contributed by atoms with van der Waals surface area (Å²) in [5.41, 5.74) is 8.82. The molecular formula is C15H21NO2. The molecule has 3 heteroatoms. The topological polar surface area (TPSA) is 44.5 Å². The molecule has 3 rings (SSSR count). The van der Waals surface area contributed by atoms with Gasteiger partial charge in [0.15, 0.2) is 0 Å². The fraction of sp³-hybridized carbons (Fsp3) is 0.600. The van der Waals surface area contributed by atoms with E-state index < -0.39 is 0 Å². The van der Waals surface area contributed by atoms with Crippen molar-refractivity contribution < 1.29 is 9.47 Å². The van der Waals surface area contributed by atoms with Crippen molar-refractivity contribution in [1.29, 1.82) is 0 Å². The van der Waals surface area contributed by atoms with Gasteiger partial charge in [0.05, 0.1) is 13.7 Å². The minimum Gasteiger partial charge on any atom is -0.496 e. The number of rotatable bonds is 3. The van der Waals surface area contributed by atoms with E-state index in [0.29, 0.717) is 5.92 Å². The highest BCUT2D eigenvalue weighted by molar-refractivity contribution is 5.44. The van der Waals surface area contributed by atoms with Crippen LogP contribution >= 0.6 is 0 Å². The van der Waals surface area contributed by atoms with Crippen LogP contribution in [0.2, 0.25) is 0 Å². The zero-order valence-electron chi connectivity index (χ0n) is 10.9. The maximum absolute atomic E-state index is 6.46. The summed E-state index contributed by atoms with van der Waals surface area (Å²) in [4.78, 5) is 0. The van der Waals surface area contributed by atoms with Crippen molar-refractivity contribution in [2.24, 2.45) is 5.73 Å². The Bertz CT molecular complexity index is 434. The Kier molecular flexibility index (Phi) is 3.04. The molecule has 1 saturated carbocycles. The summed E-state index contributed by atoms with van der Waals surface area (Å²) in [5.74, 6) is 1.46. The molecule has 0 radical (unpaired) electrons. The molecule has 0 aromatic heterocycles. The maximum atomic E-state index is 6.46. The summed E-state index contributed by atoms with van der Waals surface area (Å²) in [7, 11) is 1.72. The van der Waals surface area contributed by atoms with E-state index in [9.17, 15) is 0 Å². The normalized spacial score (nSPS) is 25.8. The summed E-state index contributed by atoms with van der Waals surface area (Å²) >= 11 is 0. The number of methoxy groups -OCH3 is 1. The summed E-state index contributed by atoms with van der Waals surface area (Å²) < 4.78 is 10.9. The molecule has 1 heterocycles. The van der Waals surface area contributed by atoms with Crippen LogP contribution in [0.5, 0.6) is 5.75 Å². The van der Waals surface area contributed by atoms with Gasteiger partial charge in [0.25, 0.3) is 0 Å². The monoisotopic (exact) mass is 247 g/mol.